The molecule has 1 aromatic carbocycles. The van der Waals surface area contributed by atoms with Crippen molar-refractivity contribution in [2.45, 2.75) is 11.3 Å². The molecule has 0 radical (unpaired) electrons. The summed E-state index contributed by atoms with van der Waals surface area (Å²) in [6, 6.07) is 9.16. The highest BCUT2D eigenvalue weighted by atomic mass is 32.2. The molecule has 0 saturated carbocycles. The average Bonchev–Trinajstić information content (AvgIpc) is 3.10. The van der Waals surface area contributed by atoms with Gasteiger partial charge in [-0.05, 0) is 24.1 Å². The van der Waals surface area contributed by atoms with Crippen molar-refractivity contribution < 1.29 is 17.9 Å². The highest BCUT2D eigenvalue weighted by Crippen LogP contribution is 2.27. The Kier molecular flexibility index (Phi) is 4.88. The van der Waals surface area contributed by atoms with E-state index in [0.29, 0.717) is 18.0 Å². The van der Waals surface area contributed by atoms with Crippen LogP contribution < -0.4 is 14.8 Å². The fourth-order valence-electron chi connectivity index (χ4n) is 2.53. The number of amides is 1. The lowest BCUT2D eigenvalue weighted by molar-refractivity contribution is 0.0967. The number of carbonyl (C=O) groups is 1. The molecule has 2 N–H and O–H groups in total. The summed E-state index contributed by atoms with van der Waals surface area (Å²) >= 11 is 1.11. The number of rotatable bonds is 5. The Labute approximate surface area is 144 Å². The van der Waals surface area contributed by atoms with Gasteiger partial charge in [0.15, 0.2) is 0 Å². The molecule has 1 aliphatic rings. The summed E-state index contributed by atoms with van der Waals surface area (Å²) in [6.45, 7) is 0.772. The first-order valence-corrected chi connectivity index (χ1v) is 9.87. The first-order chi connectivity index (χ1) is 11.5. The molecule has 24 heavy (non-hydrogen) atoms. The number of para-hydroxylation sites is 1. The zero-order valence-electron chi connectivity index (χ0n) is 13.1. The van der Waals surface area contributed by atoms with Crippen LogP contribution in [0.1, 0.15) is 15.2 Å². The number of carbonyl (C=O) groups excluding carboxylic acids is 1. The Morgan fingerprint density at radius 1 is 1.38 bits per heavy atom. The minimum Gasteiger partial charge on any atom is -0.493 e. The standard InChI is InChI=1S/C16H18N2O4S2/c1-17-16(19)15-7-13(10-23-15)24(20,21)18-8-11-6-12-4-2-3-5-14(12)22-9-11/h2-5,7,10-11,18H,6,8-9H2,1H3,(H,17,19). The van der Waals surface area contributed by atoms with Gasteiger partial charge >= 0.3 is 0 Å². The summed E-state index contributed by atoms with van der Waals surface area (Å²) in [5.41, 5.74) is 1.09. The number of thiophene rings is 1. The van der Waals surface area contributed by atoms with Crippen molar-refractivity contribution in [1.82, 2.24) is 10.0 Å². The second-order valence-electron chi connectivity index (χ2n) is 5.57. The van der Waals surface area contributed by atoms with E-state index in [0.717, 1.165) is 29.1 Å². The lowest BCUT2D eigenvalue weighted by Crippen LogP contribution is -2.34. The second-order valence-corrected chi connectivity index (χ2v) is 8.24. The summed E-state index contributed by atoms with van der Waals surface area (Å²) in [5, 5.41) is 3.95. The van der Waals surface area contributed by atoms with Crippen molar-refractivity contribution >= 4 is 27.3 Å². The zero-order valence-corrected chi connectivity index (χ0v) is 14.7. The van der Waals surface area contributed by atoms with Crippen LogP contribution in [0.25, 0.3) is 0 Å². The van der Waals surface area contributed by atoms with Gasteiger partial charge in [-0.15, -0.1) is 11.3 Å². The van der Waals surface area contributed by atoms with Crippen molar-refractivity contribution in [3.05, 3.63) is 46.2 Å². The predicted molar refractivity (Wildman–Crippen MR) is 92.0 cm³/mol. The van der Waals surface area contributed by atoms with Crippen molar-refractivity contribution in [1.29, 1.82) is 0 Å². The van der Waals surface area contributed by atoms with Crippen molar-refractivity contribution in [2.24, 2.45) is 5.92 Å². The van der Waals surface area contributed by atoms with Gasteiger partial charge in [0.2, 0.25) is 10.0 Å². The molecule has 1 amide bonds. The van der Waals surface area contributed by atoms with Crippen LogP contribution in [0.2, 0.25) is 0 Å². The van der Waals surface area contributed by atoms with Crippen molar-refractivity contribution in [3.8, 4) is 5.75 Å². The van der Waals surface area contributed by atoms with Crippen LogP contribution in [0.3, 0.4) is 0 Å². The SMILES string of the molecule is CNC(=O)c1cc(S(=O)(=O)NCC2COc3ccccc3C2)cs1. The number of ether oxygens (including phenoxy) is 1. The molecule has 1 aromatic heterocycles. The monoisotopic (exact) mass is 366 g/mol. The van der Waals surface area contributed by atoms with Crippen LogP contribution in [0, 0.1) is 5.92 Å². The number of benzene rings is 1. The maximum atomic E-state index is 12.4. The highest BCUT2D eigenvalue weighted by Gasteiger charge is 2.23. The largest absolute Gasteiger partial charge is 0.493 e. The van der Waals surface area contributed by atoms with Crippen LogP contribution in [-0.2, 0) is 16.4 Å². The Morgan fingerprint density at radius 2 is 2.17 bits per heavy atom. The van der Waals surface area contributed by atoms with E-state index >= 15 is 0 Å². The van der Waals surface area contributed by atoms with E-state index in [2.05, 4.69) is 10.0 Å². The molecular weight excluding hydrogens is 348 g/mol. The molecule has 2 heterocycles. The fraction of sp³-hybridized carbons (Fsp3) is 0.312. The maximum Gasteiger partial charge on any atom is 0.261 e. The van der Waals surface area contributed by atoms with Crippen molar-refractivity contribution in [3.63, 3.8) is 0 Å². The molecule has 0 fully saturated rings. The van der Waals surface area contributed by atoms with Crippen molar-refractivity contribution in [2.75, 3.05) is 20.2 Å². The van der Waals surface area contributed by atoms with Crippen LogP contribution in [0.5, 0.6) is 5.75 Å². The Hall–Kier alpha value is -1.90. The van der Waals surface area contributed by atoms with Gasteiger partial charge in [-0.1, -0.05) is 18.2 Å². The molecule has 0 bridgehead atoms. The highest BCUT2D eigenvalue weighted by molar-refractivity contribution is 7.89. The summed E-state index contributed by atoms with van der Waals surface area (Å²) in [4.78, 5) is 12.0. The Bertz CT molecular complexity index is 845. The number of hydrogen-bond acceptors (Lipinski definition) is 5. The van der Waals surface area contributed by atoms with Crippen LogP contribution in [0.15, 0.2) is 40.6 Å². The molecule has 0 spiro atoms. The van der Waals surface area contributed by atoms with E-state index in [9.17, 15) is 13.2 Å². The normalized spacial score (nSPS) is 17.0. The molecule has 0 aliphatic carbocycles. The summed E-state index contributed by atoms with van der Waals surface area (Å²) < 4.78 is 33.0. The van der Waals surface area contributed by atoms with Crippen LogP contribution >= 0.6 is 11.3 Å². The summed E-state index contributed by atoms with van der Waals surface area (Å²) in [5.74, 6) is 0.648. The third-order valence-electron chi connectivity index (χ3n) is 3.85. The third-order valence-corrected chi connectivity index (χ3v) is 6.34. The average molecular weight is 366 g/mol. The Morgan fingerprint density at radius 3 is 2.96 bits per heavy atom. The van der Waals surface area contributed by atoms with Gasteiger partial charge in [0.25, 0.3) is 5.91 Å². The van der Waals surface area contributed by atoms with Gasteiger partial charge in [-0.25, -0.2) is 13.1 Å². The molecular formula is C16H18N2O4S2. The first-order valence-electron chi connectivity index (χ1n) is 7.50. The number of hydrogen-bond donors (Lipinski definition) is 2. The van der Waals surface area contributed by atoms with E-state index in [1.165, 1.54) is 18.5 Å². The van der Waals surface area contributed by atoms with Gasteiger partial charge in [0.1, 0.15) is 5.75 Å². The third kappa shape index (κ3) is 3.61. The predicted octanol–water partition coefficient (Wildman–Crippen LogP) is 1.64. The van der Waals surface area contributed by atoms with E-state index in [1.54, 1.807) is 0 Å². The van der Waals surface area contributed by atoms with Crippen LogP contribution in [0.4, 0.5) is 0 Å². The van der Waals surface area contributed by atoms with E-state index < -0.39 is 10.0 Å². The van der Waals surface area contributed by atoms with E-state index in [4.69, 9.17) is 4.74 Å². The molecule has 128 valence electrons. The van der Waals surface area contributed by atoms with E-state index in [1.807, 2.05) is 24.3 Å². The summed E-state index contributed by atoms with van der Waals surface area (Å²) in [7, 11) is -2.12. The van der Waals surface area contributed by atoms with Gasteiger partial charge in [-0.2, -0.15) is 0 Å². The smallest absolute Gasteiger partial charge is 0.261 e. The molecule has 8 heteroatoms. The molecule has 1 atom stereocenters. The van der Waals surface area contributed by atoms with Gasteiger partial charge in [0.05, 0.1) is 16.4 Å². The lowest BCUT2D eigenvalue weighted by Gasteiger charge is -2.25. The molecule has 0 saturated heterocycles. The minimum atomic E-state index is -3.63. The maximum absolute atomic E-state index is 12.4. The first kappa shape index (κ1) is 16.9. The Balaban J connectivity index is 1.64. The zero-order chi connectivity index (χ0) is 17.2. The molecule has 2 aromatic rings. The summed E-state index contributed by atoms with van der Waals surface area (Å²) in [6.07, 6.45) is 0.770. The van der Waals surface area contributed by atoms with Gasteiger partial charge in [0, 0.05) is 24.9 Å². The molecule has 3 rings (SSSR count). The van der Waals surface area contributed by atoms with Crippen LogP contribution in [-0.4, -0.2) is 34.5 Å². The second kappa shape index (κ2) is 6.92. The topological polar surface area (TPSA) is 84.5 Å². The number of nitrogens with one attached hydrogen (secondary N) is 2. The lowest BCUT2D eigenvalue weighted by atomic mass is 9.97. The van der Waals surface area contributed by atoms with E-state index in [-0.39, 0.29) is 16.7 Å². The fourth-order valence-corrected chi connectivity index (χ4v) is 4.87. The van der Waals surface area contributed by atoms with Gasteiger partial charge in [-0.3, -0.25) is 4.79 Å². The quantitative estimate of drug-likeness (QED) is 0.842. The molecule has 6 nitrogen and oxygen atoms in total. The van der Waals surface area contributed by atoms with Gasteiger partial charge < -0.3 is 10.1 Å². The molecule has 1 unspecified atom stereocenters. The number of sulfonamides is 1. The minimum absolute atomic E-state index is 0.0757. The number of fused-ring (bicyclic) bond motifs is 1. The molecule has 1 aliphatic heterocycles.